The van der Waals surface area contributed by atoms with E-state index >= 15 is 0 Å². The Morgan fingerprint density at radius 2 is 1.63 bits per heavy atom. The third kappa shape index (κ3) is 2.40. The van der Waals surface area contributed by atoms with Crippen molar-refractivity contribution >= 4 is 11.7 Å². The maximum atomic E-state index is 11.5. The van der Waals surface area contributed by atoms with Crippen LogP contribution in [0.25, 0.3) is 0 Å². The summed E-state index contributed by atoms with van der Waals surface area (Å²) >= 11 is 0. The minimum absolute atomic E-state index is 0.289. The number of hydrogen-bond donors (Lipinski definition) is 0. The first-order chi connectivity index (χ1) is 9.34. The van der Waals surface area contributed by atoms with E-state index in [1.165, 1.54) is 0 Å². The maximum absolute atomic E-state index is 11.5. The largest absolute Gasteiger partial charge is 0.335 e. The van der Waals surface area contributed by atoms with Crippen molar-refractivity contribution < 1.29 is 9.63 Å². The molecule has 0 fully saturated rings. The Hall–Kier alpha value is -2.42. The number of rotatable bonds is 1. The van der Waals surface area contributed by atoms with E-state index in [2.05, 4.69) is 5.16 Å². The van der Waals surface area contributed by atoms with Crippen LogP contribution >= 0.6 is 0 Å². The van der Waals surface area contributed by atoms with E-state index in [-0.39, 0.29) is 5.97 Å². The number of carbonyl (C=O) groups excluding carboxylic acids is 1. The van der Waals surface area contributed by atoms with Gasteiger partial charge in [-0.05, 0) is 12.0 Å². The molecule has 2 aromatic rings. The van der Waals surface area contributed by atoms with Gasteiger partial charge in [0.15, 0.2) is 0 Å². The maximum Gasteiger partial charge on any atom is 0.335 e. The molecule has 0 N–H and O–H groups in total. The van der Waals surface area contributed by atoms with Gasteiger partial charge < -0.3 is 4.84 Å². The first kappa shape index (κ1) is 11.7. The summed E-state index contributed by atoms with van der Waals surface area (Å²) < 4.78 is 0. The third-order valence-corrected chi connectivity index (χ3v) is 3.16. The molecule has 0 saturated heterocycles. The first-order valence-corrected chi connectivity index (χ1v) is 6.26. The smallest absolute Gasteiger partial charge is 0.318 e. The minimum Gasteiger partial charge on any atom is -0.318 e. The van der Waals surface area contributed by atoms with Gasteiger partial charge in [0.1, 0.15) is 5.71 Å². The number of nitrogens with zero attached hydrogens (tertiary/aromatic N) is 1. The molecule has 0 radical (unpaired) electrons. The van der Waals surface area contributed by atoms with Gasteiger partial charge >= 0.3 is 5.97 Å². The lowest BCUT2D eigenvalue weighted by atomic mass is 9.95. The fourth-order valence-corrected chi connectivity index (χ4v) is 2.20. The van der Waals surface area contributed by atoms with Crippen LogP contribution in [0.5, 0.6) is 0 Å². The predicted octanol–water partition coefficient (Wildman–Crippen LogP) is 2.93. The number of fused-ring (bicyclic) bond motifs is 1. The summed E-state index contributed by atoms with van der Waals surface area (Å²) in [6.07, 6.45) is 1.05. The molecule has 3 heteroatoms. The molecule has 0 saturated carbocycles. The zero-order valence-corrected chi connectivity index (χ0v) is 10.4. The molecule has 0 aliphatic carbocycles. The van der Waals surface area contributed by atoms with E-state index in [4.69, 9.17) is 4.84 Å². The van der Waals surface area contributed by atoms with Gasteiger partial charge in [-0.1, -0.05) is 59.8 Å². The Kier molecular flexibility index (Phi) is 3.11. The van der Waals surface area contributed by atoms with Gasteiger partial charge in [0.2, 0.25) is 0 Å². The van der Waals surface area contributed by atoms with E-state index in [1.807, 2.05) is 54.6 Å². The molecule has 1 heterocycles. The van der Waals surface area contributed by atoms with Gasteiger partial charge in [0.05, 0.1) is 6.42 Å². The molecule has 0 atom stereocenters. The molecule has 0 unspecified atom stereocenters. The molecule has 0 aromatic heterocycles. The topological polar surface area (TPSA) is 38.7 Å². The highest BCUT2D eigenvalue weighted by molar-refractivity contribution is 6.13. The van der Waals surface area contributed by atoms with Gasteiger partial charge in [0.25, 0.3) is 0 Å². The molecule has 1 aliphatic rings. The lowest BCUT2D eigenvalue weighted by molar-refractivity contribution is -0.143. The summed E-state index contributed by atoms with van der Waals surface area (Å²) in [6.45, 7) is 0. The van der Waals surface area contributed by atoms with Crippen LogP contribution in [0.1, 0.15) is 23.1 Å². The zero-order chi connectivity index (χ0) is 13.1. The second-order valence-electron chi connectivity index (χ2n) is 4.43. The zero-order valence-electron chi connectivity index (χ0n) is 10.4. The number of benzene rings is 2. The molecule has 1 aliphatic heterocycles. The normalized spacial score (nSPS) is 17.5. The highest BCUT2D eigenvalue weighted by atomic mass is 16.7. The van der Waals surface area contributed by atoms with Crippen molar-refractivity contribution in [2.75, 3.05) is 0 Å². The average molecular weight is 251 g/mol. The minimum atomic E-state index is -0.289. The summed E-state index contributed by atoms with van der Waals surface area (Å²) in [4.78, 5) is 16.4. The molecule has 3 rings (SSSR count). The quantitative estimate of drug-likeness (QED) is 0.731. The summed E-state index contributed by atoms with van der Waals surface area (Å²) in [5.41, 5.74) is 3.82. The SMILES string of the molecule is O=C1CCc2ccccc2/C(c2ccccc2)=N\O1. The van der Waals surface area contributed by atoms with Crippen LogP contribution in [0.2, 0.25) is 0 Å². The second-order valence-corrected chi connectivity index (χ2v) is 4.43. The fourth-order valence-electron chi connectivity index (χ4n) is 2.20. The van der Waals surface area contributed by atoms with Crippen LogP contribution in [0.3, 0.4) is 0 Å². The molecular formula is C16H13NO2. The van der Waals surface area contributed by atoms with Crippen molar-refractivity contribution in [3.8, 4) is 0 Å². The highest BCUT2D eigenvalue weighted by Crippen LogP contribution is 2.19. The van der Waals surface area contributed by atoms with Crippen LogP contribution in [0.4, 0.5) is 0 Å². The van der Waals surface area contributed by atoms with E-state index in [1.54, 1.807) is 0 Å². The van der Waals surface area contributed by atoms with Gasteiger partial charge in [0, 0.05) is 11.1 Å². The molecule has 2 aromatic carbocycles. The second kappa shape index (κ2) is 5.06. The van der Waals surface area contributed by atoms with Crippen LogP contribution < -0.4 is 0 Å². The Bertz CT molecular complexity index is 632. The molecule has 19 heavy (non-hydrogen) atoms. The number of carbonyl (C=O) groups is 1. The monoisotopic (exact) mass is 251 g/mol. The van der Waals surface area contributed by atoms with Crippen LogP contribution in [-0.4, -0.2) is 11.7 Å². The van der Waals surface area contributed by atoms with Crippen LogP contribution in [0.15, 0.2) is 59.8 Å². The Balaban J connectivity index is 2.15. The van der Waals surface area contributed by atoms with Crippen molar-refractivity contribution in [1.82, 2.24) is 0 Å². The van der Waals surface area contributed by atoms with Crippen LogP contribution in [0, 0.1) is 0 Å². The molecule has 3 nitrogen and oxygen atoms in total. The Labute approximate surface area is 111 Å². The highest BCUT2D eigenvalue weighted by Gasteiger charge is 2.17. The van der Waals surface area contributed by atoms with E-state index in [0.717, 1.165) is 16.7 Å². The lowest BCUT2D eigenvalue weighted by Crippen LogP contribution is -2.14. The first-order valence-electron chi connectivity index (χ1n) is 6.26. The van der Waals surface area contributed by atoms with Gasteiger partial charge in [-0.2, -0.15) is 0 Å². The van der Waals surface area contributed by atoms with Crippen molar-refractivity contribution in [2.24, 2.45) is 5.16 Å². The molecular weight excluding hydrogens is 238 g/mol. The molecule has 0 bridgehead atoms. The van der Waals surface area contributed by atoms with Crippen molar-refractivity contribution in [3.05, 3.63) is 71.3 Å². The van der Waals surface area contributed by atoms with Gasteiger partial charge in [-0.25, -0.2) is 4.79 Å². The summed E-state index contributed by atoms with van der Waals surface area (Å²) in [7, 11) is 0. The van der Waals surface area contributed by atoms with E-state index in [0.29, 0.717) is 18.6 Å². The number of hydrogen-bond acceptors (Lipinski definition) is 3. The van der Waals surface area contributed by atoms with Gasteiger partial charge in [-0.15, -0.1) is 0 Å². The average Bonchev–Trinajstić information content (AvgIpc) is 2.45. The summed E-state index contributed by atoms with van der Waals surface area (Å²) in [6, 6.07) is 17.8. The lowest BCUT2D eigenvalue weighted by Gasteiger charge is -2.14. The number of aryl methyl sites for hydroxylation is 1. The Morgan fingerprint density at radius 3 is 2.47 bits per heavy atom. The Morgan fingerprint density at radius 1 is 0.895 bits per heavy atom. The number of oxime groups is 1. The van der Waals surface area contributed by atoms with Crippen molar-refractivity contribution in [2.45, 2.75) is 12.8 Å². The van der Waals surface area contributed by atoms with Crippen LogP contribution in [-0.2, 0) is 16.1 Å². The standard InChI is InChI=1S/C16H13NO2/c18-15-11-10-12-6-4-5-9-14(12)16(17-19-15)13-7-2-1-3-8-13/h1-9H,10-11H2/b17-16-. The van der Waals surface area contributed by atoms with E-state index < -0.39 is 0 Å². The fraction of sp³-hybridized carbons (Fsp3) is 0.125. The predicted molar refractivity (Wildman–Crippen MR) is 72.9 cm³/mol. The van der Waals surface area contributed by atoms with E-state index in [9.17, 15) is 4.79 Å². The third-order valence-electron chi connectivity index (χ3n) is 3.16. The molecule has 94 valence electrons. The van der Waals surface area contributed by atoms with Crippen molar-refractivity contribution in [1.29, 1.82) is 0 Å². The molecule has 0 spiro atoms. The summed E-state index contributed by atoms with van der Waals surface area (Å²) in [5, 5.41) is 4.04. The van der Waals surface area contributed by atoms with Crippen molar-refractivity contribution in [3.63, 3.8) is 0 Å². The summed E-state index contributed by atoms with van der Waals surface area (Å²) in [5.74, 6) is -0.289. The van der Waals surface area contributed by atoms with Gasteiger partial charge in [-0.3, -0.25) is 0 Å². The molecule has 0 amide bonds.